The molecular weight excluding hydrogens is 418 g/mol. The summed E-state index contributed by atoms with van der Waals surface area (Å²) in [6.07, 6.45) is 2.33. The molecular formula is C26H27N3O4. The van der Waals surface area contributed by atoms with Crippen LogP contribution in [0.2, 0.25) is 0 Å². The fourth-order valence-corrected chi connectivity index (χ4v) is 3.42. The summed E-state index contributed by atoms with van der Waals surface area (Å²) in [6, 6.07) is 23.4. The van der Waals surface area contributed by atoms with Crippen molar-refractivity contribution in [3.8, 4) is 5.75 Å². The second kappa shape index (κ2) is 11.8. The Morgan fingerprint density at radius 3 is 2.45 bits per heavy atom. The number of ether oxygens (including phenoxy) is 2. The standard InChI is InChI=1S/C26H27N3O4/c30-26(29-14-16-31-17-15-29)20-32-24-11-9-21(10-12-24)18-25(22-6-2-1-3-7-22)28-33-19-23-8-4-5-13-27-23/h1-13H,14-20H2. The molecule has 3 aromatic rings. The number of aromatic nitrogens is 1. The van der Waals surface area contributed by atoms with Crippen molar-refractivity contribution in [2.24, 2.45) is 5.16 Å². The van der Waals surface area contributed by atoms with Crippen molar-refractivity contribution in [1.29, 1.82) is 0 Å². The first-order chi connectivity index (χ1) is 16.3. The summed E-state index contributed by atoms with van der Waals surface area (Å²) >= 11 is 0. The van der Waals surface area contributed by atoms with Crippen LogP contribution in [0.5, 0.6) is 5.75 Å². The van der Waals surface area contributed by atoms with Gasteiger partial charge in [0.25, 0.3) is 5.91 Å². The number of hydrogen-bond donors (Lipinski definition) is 0. The molecule has 0 radical (unpaired) electrons. The maximum Gasteiger partial charge on any atom is 0.260 e. The van der Waals surface area contributed by atoms with Gasteiger partial charge in [-0.3, -0.25) is 9.78 Å². The van der Waals surface area contributed by atoms with Gasteiger partial charge in [-0.1, -0.05) is 53.7 Å². The normalized spacial score (nSPS) is 14.1. The monoisotopic (exact) mass is 445 g/mol. The summed E-state index contributed by atoms with van der Waals surface area (Å²) in [5.74, 6) is 0.635. The maximum absolute atomic E-state index is 12.3. The number of rotatable bonds is 9. The number of amides is 1. The third-order valence-corrected chi connectivity index (χ3v) is 5.24. The molecule has 2 heterocycles. The number of oxime groups is 1. The molecule has 0 saturated carbocycles. The lowest BCUT2D eigenvalue weighted by atomic mass is 10.0. The van der Waals surface area contributed by atoms with E-state index >= 15 is 0 Å². The summed E-state index contributed by atoms with van der Waals surface area (Å²) in [4.78, 5) is 23.9. The SMILES string of the molecule is O=C(COc1ccc(CC(=NOCc2ccccn2)c2ccccc2)cc1)N1CCOCC1. The van der Waals surface area contributed by atoms with E-state index in [1.807, 2.05) is 72.8 Å². The van der Waals surface area contributed by atoms with E-state index in [-0.39, 0.29) is 12.5 Å². The Kier molecular flexibility index (Phi) is 8.03. The zero-order chi connectivity index (χ0) is 22.7. The van der Waals surface area contributed by atoms with Crippen LogP contribution < -0.4 is 4.74 Å². The van der Waals surface area contributed by atoms with Crippen molar-refractivity contribution < 1.29 is 19.1 Å². The summed E-state index contributed by atoms with van der Waals surface area (Å²) in [6.45, 7) is 2.73. The van der Waals surface area contributed by atoms with Crippen LogP contribution in [0.1, 0.15) is 16.8 Å². The Hall–Kier alpha value is -3.71. The van der Waals surface area contributed by atoms with E-state index in [1.54, 1.807) is 11.1 Å². The second-order valence-electron chi connectivity index (χ2n) is 7.60. The van der Waals surface area contributed by atoms with Gasteiger partial charge in [0, 0.05) is 25.7 Å². The highest BCUT2D eigenvalue weighted by Crippen LogP contribution is 2.16. The molecule has 7 heteroatoms. The highest BCUT2D eigenvalue weighted by Gasteiger charge is 2.17. The molecule has 33 heavy (non-hydrogen) atoms. The Labute approximate surface area is 193 Å². The molecule has 1 fully saturated rings. The molecule has 0 aliphatic carbocycles. The van der Waals surface area contributed by atoms with E-state index in [2.05, 4.69) is 10.1 Å². The van der Waals surface area contributed by atoms with Gasteiger partial charge in [-0.05, 0) is 35.4 Å². The van der Waals surface area contributed by atoms with Gasteiger partial charge in [0.15, 0.2) is 13.2 Å². The number of nitrogens with zero attached hydrogens (tertiary/aromatic N) is 3. The van der Waals surface area contributed by atoms with Gasteiger partial charge in [-0.15, -0.1) is 0 Å². The smallest absolute Gasteiger partial charge is 0.260 e. The fourth-order valence-electron chi connectivity index (χ4n) is 3.42. The maximum atomic E-state index is 12.3. The van der Waals surface area contributed by atoms with Crippen LogP contribution in [-0.2, 0) is 27.4 Å². The van der Waals surface area contributed by atoms with Crippen molar-refractivity contribution in [3.63, 3.8) is 0 Å². The van der Waals surface area contributed by atoms with Crippen LogP contribution in [0, 0.1) is 0 Å². The van der Waals surface area contributed by atoms with Gasteiger partial charge in [0.1, 0.15) is 5.75 Å². The number of pyridine rings is 1. The van der Waals surface area contributed by atoms with Crippen molar-refractivity contribution in [2.75, 3.05) is 32.9 Å². The van der Waals surface area contributed by atoms with E-state index in [4.69, 9.17) is 14.3 Å². The minimum Gasteiger partial charge on any atom is -0.484 e. The average Bonchev–Trinajstić information content (AvgIpc) is 2.89. The lowest BCUT2D eigenvalue weighted by Gasteiger charge is -2.26. The minimum absolute atomic E-state index is 0.0223. The van der Waals surface area contributed by atoms with Gasteiger partial charge in [-0.2, -0.15) is 0 Å². The molecule has 1 aliphatic rings. The third kappa shape index (κ3) is 6.89. The van der Waals surface area contributed by atoms with E-state index in [0.717, 1.165) is 22.5 Å². The van der Waals surface area contributed by atoms with Crippen LogP contribution in [0.4, 0.5) is 0 Å². The topological polar surface area (TPSA) is 73.2 Å². The highest BCUT2D eigenvalue weighted by molar-refractivity contribution is 6.01. The van der Waals surface area contributed by atoms with E-state index in [9.17, 15) is 4.79 Å². The highest BCUT2D eigenvalue weighted by atomic mass is 16.6. The van der Waals surface area contributed by atoms with Gasteiger partial charge in [-0.25, -0.2) is 0 Å². The summed E-state index contributed by atoms with van der Waals surface area (Å²) in [5.41, 5.74) is 3.70. The van der Waals surface area contributed by atoms with Crippen molar-refractivity contribution >= 4 is 11.6 Å². The van der Waals surface area contributed by atoms with Gasteiger partial charge < -0.3 is 19.2 Å². The largest absolute Gasteiger partial charge is 0.484 e. The molecule has 2 aromatic carbocycles. The molecule has 1 aliphatic heterocycles. The lowest BCUT2D eigenvalue weighted by molar-refractivity contribution is -0.137. The Balaban J connectivity index is 1.36. The molecule has 0 atom stereocenters. The molecule has 0 bridgehead atoms. The van der Waals surface area contributed by atoms with Crippen LogP contribution in [0.25, 0.3) is 0 Å². The predicted molar refractivity (Wildman–Crippen MR) is 125 cm³/mol. The average molecular weight is 446 g/mol. The minimum atomic E-state index is -0.0223. The number of hydrogen-bond acceptors (Lipinski definition) is 6. The van der Waals surface area contributed by atoms with Crippen LogP contribution in [0.15, 0.2) is 84.1 Å². The van der Waals surface area contributed by atoms with Crippen LogP contribution in [0.3, 0.4) is 0 Å². The van der Waals surface area contributed by atoms with Gasteiger partial charge >= 0.3 is 0 Å². The Morgan fingerprint density at radius 2 is 1.73 bits per heavy atom. The van der Waals surface area contributed by atoms with Crippen molar-refractivity contribution in [2.45, 2.75) is 13.0 Å². The molecule has 0 unspecified atom stereocenters. The van der Waals surface area contributed by atoms with Crippen molar-refractivity contribution in [3.05, 3.63) is 95.8 Å². The summed E-state index contributed by atoms with van der Waals surface area (Å²) in [7, 11) is 0. The fraction of sp³-hybridized carbons (Fsp3) is 0.269. The molecule has 0 spiro atoms. The zero-order valence-electron chi connectivity index (χ0n) is 18.4. The first-order valence-electron chi connectivity index (χ1n) is 11.0. The number of benzene rings is 2. The van der Waals surface area contributed by atoms with Crippen LogP contribution in [-0.4, -0.2) is 54.4 Å². The molecule has 170 valence electrons. The van der Waals surface area contributed by atoms with Crippen LogP contribution >= 0.6 is 0 Å². The Bertz CT molecular complexity index is 1030. The van der Waals surface area contributed by atoms with E-state index in [0.29, 0.717) is 45.1 Å². The molecule has 0 N–H and O–H groups in total. The lowest BCUT2D eigenvalue weighted by Crippen LogP contribution is -2.42. The van der Waals surface area contributed by atoms with Gasteiger partial charge in [0.2, 0.25) is 0 Å². The van der Waals surface area contributed by atoms with E-state index in [1.165, 1.54) is 0 Å². The molecule has 4 rings (SSSR count). The first-order valence-corrected chi connectivity index (χ1v) is 11.0. The second-order valence-corrected chi connectivity index (χ2v) is 7.60. The summed E-state index contributed by atoms with van der Waals surface area (Å²) < 4.78 is 11.0. The molecule has 7 nitrogen and oxygen atoms in total. The number of morpholine rings is 1. The first kappa shape index (κ1) is 22.5. The molecule has 1 amide bonds. The Morgan fingerprint density at radius 1 is 0.970 bits per heavy atom. The predicted octanol–water partition coefficient (Wildman–Crippen LogP) is 3.48. The number of carbonyl (C=O) groups excluding carboxylic acids is 1. The molecule has 1 aromatic heterocycles. The number of carbonyl (C=O) groups is 1. The van der Waals surface area contributed by atoms with Crippen molar-refractivity contribution in [1.82, 2.24) is 9.88 Å². The zero-order valence-corrected chi connectivity index (χ0v) is 18.4. The van der Waals surface area contributed by atoms with Gasteiger partial charge in [0.05, 0.1) is 24.6 Å². The summed E-state index contributed by atoms with van der Waals surface area (Å²) in [5, 5.41) is 4.40. The third-order valence-electron chi connectivity index (χ3n) is 5.24. The quantitative estimate of drug-likeness (QED) is 0.372. The van der Waals surface area contributed by atoms with E-state index < -0.39 is 0 Å². The molecule has 1 saturated heterocycles.